The van der Waals surface area contributed by atoms with Gasteiger partial charge in [-0.25, -0.2) is 14.4 Å². The largest absolute Gasteiger partial charge is 0.356 e. The first-order valence-electron chi connectivity index (χ1n) is 7.92. The first kappa shape index (κ1) is 16.2. The standard InChI is InChI=1S/C17H16FN5S2/c1-10-3-4-12(18)11(7-10)15-21-13(8-24-15)14-9-25-17(22-14)23-16-19-5-2-6-20-16/h3-4,7-9H,2,5-6H2,1H3,(H2,19,20,22,23). The second-order valence-corrected chi connectivity index (χ2v) is 7.41. The molecule has 0 saturated carbocycles. The van der Waals surface area contributed by atoms with Crippen molar-refractivity contribution >= 4 is 33.8 Å². The number of aryl methyl sites for hydroxylation is 1. The lowest BCUT2D eigenvalue weighted by Crippen LogP contribution is -2.35. The molecule has 25 heavy (non-hydrogen) atoms. The van der Waals surface area contributed by atoms with Crippen LogP contribution in [-0.2, 0) is 0 Å². The van der Waals surface area contributed by atoms with Crippen LogP contribution in [0, 0.1) is 12.7 Å². The van der Waals surface area contributed by atoms with Crippen molar-refractivity contribution < 1.29 is 4.39 Å². The molecule has 2 aromatic heterocycles. The summed E-state index contributed by atoms with van der Waals surface area (Å²) in [6, 6.07) is 5.06. The van der Waals surface area contributed by atoms with E-state index in [1.807, 2.05) is 23.8 Å². The number of hydrogen-bond donors (Lipinski definition) is 2. The minimum absolute atomic E-state index is 0.256. The van der Waals surface area contributed by atoms with Gasteiger partial charge in [0.05, 0.1) is 0 Å². The molecule has 4 rings (SSSR count). The van der Waals surface area contributed by atoms with Crippen LogP contribution in [0.5, 0.6) is 0 Å². The maximum absolute atomic E-state index is 14.1. The number of benzene rings is 1. The molecule has 0 aliphatic carbocycles. The maximum atomic E-state index is 14.1. The summed E-state index contributed by atoms with van der Waals surface area (Å²) in [7, 11) is 0. The molecule has 0 bridgehead atoms. The summed E-state index contributed by atoms with van der Waals surface area (Å²) < 4.78 is 14.1. The SMILES string of the molecule is Cc1ccc(F)c(-c2nc(-c3csc(NC4=NCCCN4)n3)cs2)c1. The number of halogens is 1. The molecule has 1 aromatic carbocycles. The van der Waals surface area contributed by atoms with E-state index in [4.69, 9.17) is 0 Å². The fraction of sp³-hybridized carbons (Fsp3) is 0.235. The van der Waals surface area contributed by atoms with Crippen molar-refractivity contribution in [2.45, 2.75) is 13.3 Å². The average molecular weight is 373 g/mol. The first-order valence-corrected chi connectivity index (χ1v) is 9.68. The predicted molar refractivity (Wildman–Crippen MR) is 102 cm³/mol. The molecular weight excluding hydrogens is 357 g/mol. The molecule has 2 N–H and O–H groups in total. The smallest absolute Gasteiger partial charge is 0.197 e. The number of aromatic nitrogens is 2. The van der Waals surface area contributed by atoms with Gasteiger partial charge >= 0.3 is 0 Å². The van der Waals surface area contributed by atoms with Gasteiger partial charge in [-0.15, -0.1) is 22.7 Å². The van der Waals surface area contributed by atoms with Gasteiger partial charge in [-0.1, -0.05) is 11.6 Å². The minimum Gasteiger partial charge on any atom is -0.356 e. The van der Waals surface area contributed by atoms with Crippen LogP contribution < -0.4 is 10.6 Å². The molecule has 128 valence electrons. The first-order chi connectivity index (χ1) is 12.2. The molecule has 0 fully saturated rings. The van der Waals surface area contributed by atoms with Crippen LogP contribution in [0.15, 0.2) is 34.0 Å². The quantitative estimate of drug-likeness (QED) is 0.724. The van der Waals surface area contributed by atoms with E-state index in [0.717, 1.165) is 47.6 Å². The Bertz CT molecular complexity index is 931. The van der Waals surface area contributed by atoms with Gasteiger partial charge in [0.1, 0.15) is 22.2 Å². The van der Waals surface area contributed by atoms with Crippen LogP contribution in [0.2, 0.25) is 0 Å². The summed E-state index contributed by atoms with van der Waals surface area (Å²) >= 11 is 2.92. The molecule has 0 unspecified atom stereocenters. The summed E-state index contributed by atoms with van der Waals surface area (Å²) in [4.78, 5) is 13.5. The van der Waals surface area contributed by atoms with E-state index in [0.29, 0.717) is 10.6 Å². The Balaban J connectivity index is 1.56. The second kappa shape index (κ2) is 6.89. The van der Waals surface area contributed by atoms with Crippen LogP contribution in [0.4, 0.5) is 9.52 Å². The molecule has 0 spiro atoms. The molecule has 1 aliphatic heterocycles. The van der Waals surface area contributed by atoms with E-state index in [1.165, 1.54) is 28.7 Å². The number of guanidine groups is 1. The fourth-order valence-corrected chi connectivity index (χ4v) is 4.02. The zero-order valence-electron chi connectivity index (χ0n) is 13.5. The van der Waals surface area contributed by atoms with Gasteiger partial charge in [-0.05, 0) is 25.5 Å². The van der Waals surface area contributed by atoms with E-state index in [9.17, 15) is 4.39 Å². The molecule has 0 amide bonds. The zero-order valence-corrected chi connectivity index (χ0v) is 15.2. The van der Waals surface area contributed by atoms with Gasteiger partial charge < -0.3 is 10.6 Å². The molecule has 0 saturated heterocycles. The topological polar surface area (TPSA) is 62.2 Å². The van der Waals surface area contributed by atoms with Crippen molar-refractivity contribution in [3.8, 4) is 22.0 Å². The predicted octanol–water partition coefficient (Wildman–Crippen LogP) is 4.14. The second-order valence-electron chi connectivity index (χ2n) is 5.69. The molecule has 3 heterocycles. The van der Waals surface area contributed by atoms with Gasteiger partial charge in [0.15, 0.2) is 11.1 Å². The number of thiazole rings is 2. The van der Waals surface area contributed by atoms with Gasteiger partial charge in [-0.3, -0.25) is 4.99 Å². The van der Waals surface area contributed by atoms with E-state index < -0.39 is 0 Å². The fourth-order valence-electron chi connectivity index (χ4n) is 2.48. The van der Waals surface area contributed by atoms with E-state index in [2.05, 4.69) is 25.6 Å². The third-order valence-electron chi connectivity index (χ3n) is 3.75. The van der Waals surface area contributed by atoms with Crippen LogP contribution in [0.1, 0.15) is 12.0 Å². The Morgan fingerprint density at radius 2 is 2.00 bits per heavy atom. The normalized spacial score (nSPS) is 14.1. The van der Waals surface area contributed by atoms with Gasteiger partial charge in [0.25, 0.3) is 0 Å². The summed E-state index contributed by atoms with van der Waals surface area (Å²) in [6.45, 7) is 3.69. The van der Waals surface area contributed by atoms with Crippen molar-refractivity contribution in [1.82, 2.24) is 15.3 Å². The number of nitrogens with zero attached hydrogens (tertiary/aromatic N) is 3. The highest BCUT2D eigenvalue weighted by Gasteiger charge is 2.14. The highest BCUT2D eigenvalue weighted by Crippen LogP contribution is 2.32. The molecule has 0 radical (unpaired) electrons. The third kappa shape index (κ3) is 3.54. The minimum atomic E-state index is -0.256. The lowest BCUT2D eigenvalue weighted by molar-refractivity contribution is 0.631. The number of aliphatic imine (C=N–C) groups is 1. The van der Waals surface area contributed by atoms with Crippen LogP contribution >= 0.6 is 22.7 Å². The maximum Gasteiger partial charge on any atom is 0.197 e. The van der Waals surface area contributed by atoms with E-state index >= 15 is 0 Å². The summed E-state index contributed by atoms with van der Waals surface area (Å²) in [5, 5.41) is 11.7. The van der Waals surface area contributed by atoms with Crippen molar-refractivity contribution in [3.63, 3.8) is 0 Å². The third-order valence-corrected chi connectivity index (χ3v) is 5.38. The lowest BCUT2D eigenvalue weighted by atomic mass is 10.1. The van der Waals surface area contributed by atoms with Gasteiger partial charge in [0.2, 0.25) is 0 Å². The van der Waals surface area contributed by atoms with Crippen molar-refractivity contribution in [2.75, 3.05) is 18.4 Å². The molecule has 0 atom stereocenters. The summed E-state index contributed by atoms with van der Waals surface area (Å²) in [5.41, 5.74) is 3.07. The highest BCUT2D eigenvalue weighted by molar-refractivity contribution is 7.14. The lowest BCUT2D eigenvalue weighted by Gasteiger charge is -2.13. The van der Waals surface area contributed by atoms with Gasteiger partial charge in [0, 0.05) is 29.4 Å². The van der Waals surface area contributed by atoms with Crippen LogP contribution in [-0.4, -0.2) is 29.0 Å². The number of hydrogen-bond acceptors (Lipinski definition) is 7. The molecular formula is C17H16FN5S2. The van der Waals surface area contributed by atoms with Crippen molar-refractivity contribution in [1.29, 1.82) is 0 Å². The number of nitrogens with one attached hydrogen (secondary N) is 2. The Morgan fingerprint density at radius 1 is 1.16 bits per heavy atom. The molecule has 5 nitrogen and oxygen atoms in total. The average Bonchev–Trinajstić information content (AvgIpc) is 3.27. The van der Waals surface area contributed by atoms with E-state index in [1.54, 1.807) is 6.07 Å². The zero-order chi connectivity index (χ0) is 17.2. The van der Waals surface area contributed by atoms with Crippen LogP contribution in [0.25, 0.3) is 22.0 Å². The Morgan fingerprint density at radius 3 is 2.84 bits per heavy atom. The number of anilines is 1. The highest BCUT2D eigenvalue weighted by atomic mass is 32.1. The molecule has 3 aromatic rings. The monoisotopic (exact) mass is 373 g/mol. The summed E-state index contributed by atoms with van der Waals surface area (Å²) in [6.07, 6.45) is 1.05. The molecule has 8 heteroatoms. The van der Waals surface area contributed by atoms with Crippen molar-refractivity contribution in [2.24, 2.45) is 4.99 Å². The Labute approximate surface area is 152 Å². The van der Waals surface area contributed by atoms with Gasteiger partial charge in [-0.2, -0.15) is 0 Å². The summed E-state index contributed by atoms with van der Waals surface area (Å²) in [5.74, 6) is 0.501. The number of rotatable bonds is 3. The molecule has 1 aliphatic rings. The van der Waals surface area contributed by atoms with Crippen molar-refractivity contribution in [3.05, 3.63) is 40.3 Å². The van der Waals surface area contributed by atoms with Crippen LogP contribution in [0.3, 0.4) is 0 Å². The van der Waals surface area contributed by atoms with E-state index in [-0.39, 0.29) is 5.82 Å². The Hall–Kier alpha value is -2.32. The Kier molecular flexibility index (Phi) is 4.46.